The van der Waals surface area contributed by atoms with E-state index in [0.717, 1.165) is 17.7 Å². The molecule has 0 saturated heterocycles. The summed E-state index contributed by atoms with van der Waals surface area (Å²) in [7, 11) is 0. The monoisotopic (exact) mass is 326 g/mol. The van der Waals surface area contributed by atoms with Crippen LogP contribution in [-0.2, 0) is 0 Å². The van der Waals surface area contributed by atoms with Gasteiger partial charge in [-0.1, -0.05) is 12.1 Å². The van der Waals surface area contributed by atoms with Crippen molar-refractivity contribution in [1.82, 2.24) is 0 Å². The summed E-state index contributed by atoms with van der Waals surface area (Å²) >= 11 is 0. The first-order valence-electron chi connectivity index (χ1n) is 7.54. The Morgan fingerprint density at radius 1 is 0.739 bits per heavy atom. The van der Waals surface area contributed by atoms with Gasteiger partial charge in [0.2, 0.25) is 0 Å². The van der Waals surface area contributed by atoms with Gasteiger partial charge in [0.25, 0.3) is 0 Å². The summed E-state index contributed by atoms with van der Waals surface area (Å²) in [5.41, 5.74) is 0.699. The zero-order valence-electron chi connectivity index (χ0n) is 12.3. The van der Waals surface area contributed by atoms with Crippen molar-refractivity contribution < 1.29 is 22.0 Å². The minimum absolute atomic E-state index is 0.00530. The summed E-state index contributed by atoms with van der Waals surface area (Å²) in [5, 5.41) is 0. The van der Waals surface area contributed by atoms with Gasteiger partial charge >= 0.3 is 0 Å². The minimum atomic E-state index is -1.58. The van der Waals surface area contributed by atoms with Gasteiger partial charge in [-0.3, -0.25) is 0 Å². The molecule has 5 heteroatoms. The highest BCUT2D eigenvalue weighted by Crippen LogP contribution is 2.36. The SMILES string of the molecule is Fc1cc(C2CCC(F)CC2)ccc1-c1cc(F)c(F)c(F)c1. The first-order valence-corrected chi connectivity index (χ1v) is 7.54. The highest BCUT2D eigenvalue weighted by atomic mass is 19.2. The Hall–Kier alpha value is -1.91. The molecule has 0 bridgehead atoms. The van der Waals surface area contributed by atoms with Crippen LogP contribution in [0.25, 0.3) is 11.1 Å². The molecule has 0 aliphatic heterocycles. The molecule has 0 atom stereocenters. The van der Waals surface area contributed by atoms with Gasteiger partial charge in [0.1, 0.15) is 12.0 Å². The summed E-state index contributed by atoms with van der Waals surface area (Å²) in [5.74, 6) is -4.83. The molecule has 2 aromatic rings. The maximum atomic E-state index is 14.3. The van der Waals surface area contributed by atoms with Gasteiger partial charge in [0.15, 0.2) is 17.5 Å². The number of alkyl halides is 1. The molecule has 2 aromatic carbocycles. The minimum Gasteiger partial charge on any atom is -0.247 e. The highest BCUT2D eigenvalue weighted by Gasteiger charge is 2.23. The van der Waals surface area contributed by atoms with Crippen molar-refractivity contribution in [2.45, 2.75) is 37.8 Å². The molecule has 0 N–H and O–H groups in total. The van der Waals surface area contributed by atoms with Crippen molar-refractivity contribution in [3.8, 4) is 11.1 Å². The number of halogens is 5. The van der Waals surface area contributed by atoms with Crippen LogP contribution in [0.5, 0.6) is 0 Å². The topological polar surface area (TPSA) is 0 Å². The summed E-state index contributed by atoms with van der Waals surface area (Å²) in [6.45, 7) is 0. The highest BCUT2D eigenvalue weighted by molar-refractivity contribution is 5.65. The second kappa shape index (κ2) is 6.30. The molecule has 0 unspecified atom stereocenters. The van der Waals surface area contributed by atoms with E-state index in [2.05, 4.69) is 0 Å². The average molecular weight is 326 g/mol. The van der Waals surface area contributed by atoms with Gasteiger partial charge in [-0.25, -0.2) is 22.0 Å². The largest absolute Gasteiger partial charge is 0.247 e. The molecule has 23 heavy (non-hydrogen) atoms. The molecule has 0 nitrogen and oxygen atoms in total. The van der Waals surface area contributed by atoms with Crippen molar-refractivity contribution in [2.24, 2.45) is 0 Å². The van der Waals surface area contributed by atoms with E-state index in [-0.39, 0.29) is 17.0 Å². The Morgan fingerprint density at radius 2 is 1.35 bits per heavy atom. The molecule has 1 fully saturated rings. The lowest BCUT2D eigenvalue weighted by Crippen LogP contribution is -2.13. The third-order valence-corrected chi connectivity index (χ3v) is 4.42. The van der Waals surface area contributed by atoms with E-state index in [1.54, 1.807) is 6.07 Å². The maximum absolute atomic E-state index is 14.3. The lowest BCUT2D eigenvalue weighted by atomic mass is 9.83. The second-order valence-corrected chi connectivity index (χ2v) is 5.94. The van der Waals surface area contributed by atoms with Crippen LogP contribution >= 0.6 is 0 Å². The lowest BCUT2D eigenvalue weighted by molar-refractivity contribution is 0.235. The van der Waals surface area contributed by atoms with Crippen LogP contribution in [0.2, 0.25) is 0 Å². The van der Waals surface area contributed by atoms with E-state index in [0.29, 0.717) is 25.7 Å². The van der Waals surface area contributed by atoms with Crippen LogP contribution < -0.4 is 0 Å². The molecule has 0 heterocycles. The molecule has 3 rings (SSSR count). The fraction of sp³-hybridized carbons (Fsp3) is 0.333. The van der Waals surface area contributed by atoms with Crippen LogP contribution in [0.4, 0.5) is 22.0 Å². The third kappa shape index (κ3) is 3.23. The second-order valence-electron chi connectivity index (χ2n) is 5.94. The van der Waals surface area contributed by atoms with E-state index in [1.807, 2.05) is 0 Å². The van der Waals surface area contributed by atoms with Crippen molar-refractivity contribution >= 4 is 0 Å². The molecule has 1 aliphatic rings. The average Bonchev–Trinajstić information content (AvgIpc) is 2.53. The van der Waals surface area contributed by atoms with Gasteiger partial charge in [-0.15, -0.1) is 0 Å². The summed E-state index contributed by atoms with van der Waals surface area (Å²) in [4.78, 5) is 0. The molecular weight excluding hydrogens is 311 g/mol. The van der Waals surface area contributed by atoms with Crippen molar-refractivity contribution in [3.63, 3.8) is 0 Å². The van der Waals surface area contributed by atoms with E-state index in [1.165, 1.54) is 12.1 Å². The zero-order chi connectivity index (χ0) is 16.6. The van der Waals surface area contributed by atoms with E-state index >= 15 is 0 Å². The van der Waals surface area contributed by atoms with E-state index in [9.17, 15) is 22.0 Å². The molecule has 0 aromatic heterocycles. The van der Waals surface area contributed by atoms with Crippen molar-refractivity contribution in [1.29, 1.82) is 0 Å². The van der Waals surface area contributed by atoms with Gasteiger partial charge in [-0.2, -0.15) is 0 Å². The Labute approximate surface area is 130 Å². The van der Waals surface area contributed by atoms with E-state index < -0.39 is 29.4 Å². The van der Waals surface area contributed by atoms with Crippen molar-refractivity contribution in [3.05, 3.63) is 59.2 Å². The van der Waals surface area contributed by atoms with Crippen LogP contribution in [0.15, 0.2) is 30.3 Å². The molecular formula is C18H15F5. The number of benzene rings is 2. The number of hydrogen-bond acceptors (Lipinski definition) is 0. The standard InChI is InChI=1S/C18H15F5/c19-13-4-1-10(2-5-13)11-3-6-14(15(20)7-11)12-8-16(21)18(23)17(22)9-12/h3,6-10,13H,1-2,4-5H2. The predicted octanol–water partition coefficient (Wildman–Crippen LogP) is 5.91. The molecule has 0 spiro atoms. The first kappa shape index (κ1) is 16.0. The summed E-state index contributed by atoms with van der Waals surface area (Å²) < 4.78 is 67.1. The molecule has 0 amide bonds. The smallest absolute Gasteiger partial charge is 0.194 e. The van der Waals surface area contributed by atoms with Crippen LogP contribution in [-0.4, -0.2) is 6.17 Å². The zero-order valence-corrected chi connectivity index (χ0v) is 12.3. The Balaban J connectivity index is 1.91. The van der Waals surface area contributed by atoms with Gasteiger partial charge in [-0.05, 0) is 60.9 Å². The Morgan fingerprint density at radius 3 is 1.91 bits per heavy atom. The van der Waals surface area contributed by atoms with Gasteiger partial charge in [0.05, 0.1) is 0 Å². The summed E-state index contributed by atoms with van der Waals surface area (Å²) in [6.07, 6.45) is 1.44. The fourth-order valence-corrected chi connectivity index (χ4v) is 3.12. The Kier molecular flexibility index (Phi) is 4.37. The lowest BCUT2D eigenvalue weighted by Gasteiger charge is -2.24. The Bertz CT molecular complexity index is 694. The molecule has 1 saturated carbocycles. The van der Waals surface area contributed by atoms with Gasteiger partial charge < -0.3 is 0 Å². The van der Waals surface area contributed by atoms with Crippen LogP contribution in [0.3, 0.4) is 0 Å². The summed E-state index contributed by atoms with van der Waals surface area (Å²) in [6, 6.07) is 5.96. The van der Waals surface area contributed by atoms with Gasteiger partial charge in [0, 0.05) is 5.56 Å². The van der Waals surface area contributed by atoms with E-state index in [4.69, 9.17) is 0 Å². The van der Waals surface area contributed by atoms with Crippen LogP contribution in [0, 0.1) is 23.3 Å². The quantitative estimate of drug-likeness (QED) is 0.476. The molecule has 0 radical (unpaired) electrons. The predicted molar refractivity (Wildman–Crippen MR) is 77.8 cm³/mol. The molecule has 122 valence electrons. The third-order valence-electron chi connectivity index (χ3n) is 4.42. The maximum Gasteiger partial charge on any atom is 0.194 e. The van der Waals surface area contributed by atoms with Crippen LogP contribution in [0.1, 0.15) is 37.2 Å². The van der Waals surface area contributed by atoms with Crippen molar-refractivity contribution in [2.75, 3.05) is 0 Å². The number of rotatable bonds is 2. The first-order chi connectivity index (χ1) is 11.0. The fourth-order valence-electron chi connectivity index (χ4n) is 3.12. The number of hydrogen-bond donors (Lipinski definition) is 0. The molecule has 1 aliphatic carbocycles. The normalized spacial score (nSPS) is 21.4.